The number of carboxylic acids is 2. The van der Waals surface area contributed by atoms with Crippen LogP contribution in [0.4, 0.5) is 0 Å². The lowest BCUT2D eigenvalue weighted by molar-refractivity contribution is -0.209. The van der Waals surface area contributed by atoms with Crippen molar-refractivity contribution >= 4 is 17.9 Å². The van der Waals surface area contributed by atoms with E-state index in [0.717, 1.165) is 0 Å². The van der Waals surface area contributed by atoms with E-state index in [1.54, 1.807) is 0 Å². The van der Waals surface area contributed by atoms with Gasteiger partial charge in [0.15, 0.2) is 0 Å². The predicted octanol–water partition coefficient (Wildman–Crippen LogP) is -2.69. The van der Waals surface area contributed by atoms with E-state index in [0.29, 0.717) is 0 Å². The zero-order chi connectivity index (χ0) is 16.8. The highest BCUT2D eigenvalue weighted by molar-refractivity contribution is 5.92. The summed E-state index contributed by atoms with van der Waals surface area (Å²) < 4.78 is 4.52. The summed E-state index contributed by atoms with van der Waals surface area (Å²) in [6.07, 6.45) is -7.92. The molecule has 0 bridgehead atoms. The smallest absolute Gasteiger partial charge is 0.351 e. The fraction of sp³-hybridized carbons (Fsp3) is 0.727. The van der Waals surface area contributed by atoms with E-state index in [9.17, 15) is 29.7 Å². The average Bonchev–Trinajstić information content (AvgIpc) is 2.41. The molecule has 0 saturated heterocycles. The van der Waals surface area contributed by atoms with Crippen molar-refractivity contribution in [2.75, 3.05) is 6.61 Å². The number of esters is 1. The monoisotopic (exact) mass is 310 g/mol. The molecule has 0 radical (unpaired) electrons. The molecule has 0 heterocycles. The number of rotatable bonds is 9. The van der Waals surface area contributed by atoms with Gasteiger partial charge in [0, 0.05) is 0 Å². The van der Waals surface area contributed by atoms with Crippen LogP contribution in [-0.2, 0) is 19.1 Å². The normalized spacial score (nSPS) is 18.1. The molecule has 10 nitrogen and oxygen atoms in total. The molecule has 0 rings (SSSR count). The molecule has 0 aliphatic heterocycles. The number of carbonyl (C=O) groups is 3. The molecule has 0 aliphatic carbocycles. The second-order valence-corrected chi connectivity index (χ2v) is 4.28. The number of ether oxygens (including phenoxy) is 1. The Morgan fingerprint density at radius 1 is 1.14 bits per heavy atom. The van der Waals surface area contributed by atoms with Crippen molar-refractivity contribution in [3.63, 3.8) is 0 Å². The Labute approximate surface area is 119 Å². The highest BCUT2D eigenvalue weighted by Gasteiger charge is 2.52. The van der Waals surface area contributed by atoms with Crippen LogP contribution in [0.25, 0.3) is 0 Å². The molecule has 0 fully saturated rings. The van der Waals surface area contributed by atoms with Gasteiger partial charge >= 0.3 is 17.9 Å². The van der Waals surface area contributed by atoms with Crippen LogP contribution in [0.15, 0.2) is 0 Å². The van der Waals surface area contributed by atoms with Crippen LogP contribution < -0.4 is 0 Å². The largest absolute Gasteiger partial charge is 0.481 e. The van der Waals surface area contributed by atoms with Crippen LogP contribution in [0.2, 0.25) is 0 Å². The molecule has 0 aliphatic rings. The van der Waals surface area contributed by atoms with Crippen molar-refractivity contribution in [2.45, 2.75) is 43.7 Å². The second-order valence-electron chi connectivity index (χ2n) is 4.28. The Bertz CT molecular complexity index is 394. The summed E-state index contributed by atoms with van der Waals surface area (Å²) >= 11 is 0. The number of carbonyl (C=O) groups excluding carboxylic acids is 1. The standard InChI is InChI=1S/C11H18O10/c1-2-11(10(19)20,21-7(16)3-6(14)15)9(18)8(17)5(13)4-12/h5,8-9,12-13,17-18H,2-4H2,1H3,(H,14,15)(H,19,20)/t5-,8-,9+,11-/m1/s1. The van der Waals surface area contributed by atoms with E-state index in [1.807, 2.05) is 0 Å². The van der Waals surface area contributed by atoms with Gasteiger partial charge in [-0.25, -0.2) is 4.79 Å². The molecule has 4 atom stereocenters. The van der Waals surface area contributed by atoms with Crippen LogP contribution >= 0.6 is 0 Å². The van der Waals surface area contributed by atoms with Crippen LogP contribution in [0, 0.1) is 0 Å². The van der Waals surface area contributed by atoms with Gasteiger partial charge in [0.25, 0.3) is 0 Å². The molecule has 0 aromatic carbocycles. The van der Waals surface area contributed by atoms with Gasteiger partial charge in [0.1, 0.15) is 24.7 Å². The Balaban J connectivity index is 5.38. The summed E-state index contributed by atoms with van der Waals surface area (Å²) in [5.41, 5.74) is -2.65. The summed E-state index contributed by atoms with van der Waals surface area (Å²) in [4.78, 5) is 33.0. The molecule has 10 heteroatoms. The number of carboxylic acid groups (broad SMARTS) is 2. The van der Waals surface area contributed by atoms with Crippen LogP contribution in [0.1, 0.15) is 19.8 Å². The first-order valence-electron chi connectivity index (χ1n) is 5.94. The highest BCUT2D eigenvalue weighted by Crippen LogP contribution is 2.26. The molecule has 0 aromatic heterocycles. The lowest BCUT2D eigenvalue weighted by Gasteiger charge is -2.36. The van der Waals surface area contributed by atoms with Crippen molar-refractivity contribution < 1.29 is 49.8 Å². The van der Waals surface area contributed by atoms with E-state index in [4.69, 9.17) is 15.3 Å². The van der Waals surface area contributed by atoms with Gasteiger partial charge in [-0.3, -0.25) is 9.59 Å². The van der Waals surface area contributed by atoms with Crippen molar-refractivity contribution in [2.24, 2.45) is 0 Å². The van der Waals surface area contributed by atoms with Crippen LogP contribution in [0.3, 0.4) is 0 Å². The Morgan fingerprint density at radius 2 is 1.67 bits per heavy atom. The van der Waals surface area contributed by atoms with Gasteiger partial charge < -0.3 is 35.4 Å². The first-order chi connectivity index (χ1) is 9.62. The molecule has 6 N–H and O–H groups in total. The van der Waals surface area contributed by atoms with E-state index in [-0.39, 0.29) is 0 Å². The van der Waals surface area contributed by atoms with E-state index in [2.05, 4.69) is 4.74 Å². The molecule has 0 aromatic rings. The van der Waals surface area contributed by atoms with Crippen LogP contribution in [0.5, 0.6) is 0 Å². The summed E-state index contributed by atoms with van der Waals surface area (Å²) in [5, 5.41) is 54.9. The van der Waals surface area contributed by atoms with Gasteiger partial charge in [-0.05, 0) is 6.42 Å². The molecule has 0 saturated carbocycles. The number of hydrogen-bond acceptors (Lipinski definition) is 8. The second kappa shape index (κ2) is 7.88. The lowest BCUT2D eigenvalue weighted by atomic mass is 9.87. The van der Waals surface area contributed by atoms with E-state index in [1.165, 1.54) is 6.92 Å². The minimum Gasteiger partial charge on any atom is -0.481 e. The fourth-order valence-corrected chi connectivity index (χ4v) is 1.62. The number of aliphatic hydroxyl groups is 4. The molecule has 21 heavy (non-hydrogen) atoms. The first-order valence-corrected chi connectivity index (χ1v) is 5.94. The maximum atomic E-state index is 11.3. The predicted molar refractivity (Wildman–Crippen MR) is 64.1 cm³/mol. The highest BCUT2D eigenvalue weighted by atomic mass is 16.6. The van der Waals surface area contributed by atoms with Gasteiger partial charge in [0.05, 0.1) is 6.61 Å². The summed E-state index contributed by atoms with van der Waals surface area (Å²) in [5.74, 6) is -4.84. The Morgan fingerprint density at radius 3 is 2.00 bits per heavy atom. The summed E-state index contributed by atoms with van der Waals surface area (Å²) in [7, 11) is 0. The van der Waals surface area contributed by atoms with Crippen molar-refractivity contribution in [3.05, 3.63) is 0 Å². The van der Waals surface area contributed by atoms with Gasteiger partial charge in [-0.15, -0.1) is 0 Å². The third-order valence-corrected chi connectivity index (χ3v) is 2.86. The maximum Gasteiger partial charge on any atom is 0.351 e. The number of aliphatic carboxylic acids is 2. The zero-order valence-corrected chi connectivity index (χ0v) is 11.2. The average molecular weight is 310 g/mol. The van der Waals surface area contributed by atoms with Gasteiger partial charge in [0.2, 0.25) is 5.60 Å². The number of hydrogen-bond donors (Lipinski definition) is 6. The Hall–Kier alpha value is -1.75. The molecule has 0 spiro atoms. The fourth-order valence-electron chi connectivity index (χ4n) is 1.62. The van der Waals surface area contributed by atoms with Crippen LogP contribution in [-0.4, -0.2) is 79.1 Å². The first kappa shape index (κ1) is 19.2. The van der Waals surface area contributed by atoms with Crippen molar-refractivity contribution in [3.8, 4) is 0 Å². The lowest BCUT2D eigenvalue weighted by Crippen LogP contribution is -2.60. The topological polar surface area (TPSA) is 182 Å². The summed E-state index contributed by atoms with van der Waals surface area (Å²) in [6.45, 7) is 0.240. The SMILES string of the molecule is CC[C@](OC(=O)CC(=O)O)(C(=O)O)[C@@H](O)[C@H](O)[C@H](O)CO. The van der Waals surface area contributed by atoms with Crippen molar-refractivity contribution in [1.29, 1.82) is 0 Å². The molecule has 0 amide bonds. The minimum absolute atomic E-state index is 0.510. The van der Waals surface area contributed by atoms with E-state index >= 15 is 0 Å². The van der Waals surface area contributed by atoms with Crippen molar-refractivity contribution in [1.82, 2.24) is 0 Å². The number of aliphatic hydroxyl groups excluding tert-OH is 4. The summed E-state index contributed by atoms with van der Waals surface area (Å²) in [6, 6.07) is 0. The third kappa shape index (κ3) is 4.63. The van der Waals surface area contributed by atoms with Gasteiger partial charge in [-0.1, -0.05) is 6.92 Å². The maximum absolute atomic E-state index is 11.3. The Kier molecular flexibility index (Phi) is 7.22. The third-order valence-electron chi connectivity index (χ3n) is 2.86. The zero-order valence-electron chi connectivity index (χ0n) is 11.2. The minimum atomic E-state index is -2.65. The molecular formula is C11H18O10. The van der Waals surface area contributed by atoms with E-state index < -0.39 is 61.3 Å². The molecule has 0 unspecified atom stereocenters. The molecular weight excluding hydrogens is 292 g/mol. The quantitative estimate of drug-likeness (QED) is 0.194. The molecule has 122 valence electrons. The van der Waals surface area contributed by atoms with Gasteiger partial charge in [-0.2, -0.15) is 0 Å².